The highest BCUT2D eigenvalue weighted by Crippen LogP contribution is 2.36. The molecular weight excluding hydrogens is 625 g/mol. The minimum Gasteiger partial charge on any atom is -0.348 e. The van der Waals surface area contributed by atoms with E-state index in [4.69, 9.17) is 23.2 Å². The van der Waals surface area contributed by atoms with Crippen LogP contribution < -0.4 is 16.0 Å². The number of nitrogens with one attached hydrogen (secondary N) is 4. The minimum atomic E-state index is -5.15. The third-order valence-corrected chi connectivity index (χ3v) is 7.17. The zero-order valence-corrected chi connectivity index (χ0v) is 24.3. The summed E-state index contributed by atoms with van der Waals surface area (Å²) in [6.45, 7) is 2.66. The molecule has 1 aromatic heterocycles. The Balaban J connectivity index is 1.82. The lowest BCUT2D eigenvalue weighted by atomic mass is 10.0. The van der Waals surface area contributed by atoms with Crippen molar-refractivity contribution in [2.75, 3.05) is 20.1 Å². The molecule has 0 radical (unpaired) electrons. The summed E-state index contributed by atoms with van der Waals surface area (Å²) in [5, 5.41) is 8.85. The maximum atomic E-state index is 13.4. The van der Waals surface area contributed by atoms with Gasteiger partial charge in [-0.2, -0.15) is 26.3 Å². The number of likely N-dealkylation sites (N-methyl/N-ethyl adjacent to an activating group) is 1. The Morgan fingerprint density at radius 1 is 1.00 bits per heavy atom. The van der Waals surface area contributed by atoms with Gasteiger partial charge in [-0.05, 0) is 42.3 Å². The zero-order valence-electron chi connectivity index (χ0n) is 22.8. The van der Waals surface area contributed by atoms with Gasteiger partial charge in [0.25, 0.3) is 5.91 Å². The molecule has 8 nitrogen and oxygen atoms in total. The van der Waals surface area contributed by atoms with Crippen LogP contribution >= 0.6 is 23.2 Å². The van der Waals surface area contributed by atoms with Gasteiger partial charge in [0, 0.05) is 37.6 Å². The molecule has 0 aliphatic heterocycles. The van der Waals surface area contributed by atoms with Gasteiger partial charge in [-0.15, -0.1) is 0 Å². The number of alkyl halides is 6. The first kappa shape index (κ1) is 34.2. The molecule has 43 heavy (non-hydrogen) atoms. The summed E-state index contributed by atoms with van der Waals surface area (Å²) < 4.78 is 80.3. The molecule has 0 saturated heterocycles. The fourth-order valence-electron chi connectivity index (χ4n) is 4.00. The number of benzene rings is 2. The molecule has 16 heteroatoms. The Morgan fingerprint density at radius 2 is 1.65 bits per heavy atom. The number of aromatic amines is 1. The quantitative estimate of drug-likeness (QED) is 0.146. The smallest absolute Gasteiger partial charge is 0.348 e. The van der Waals surface area contributed by atoms with Gasteiger partial charge >= 0.3 is 12.4 Å². The van der Waals surface area contributed by atoms with Gasteiger partial charge in [-0.3, -0.25) is 9.59 Å². The molecule has 3 aromatic rings. The first-order chi connectivity index (χ1) is 20.1. The number of imidazole rings is 1. The van der Waals surface area contributed by atoms with Gasteiger partial charge in [0.1, 0.15) is 12.0 Å². The Morgan fingerprint density at radius 3 is 2.19 bits per heavy atom. The summed E-state index contributed by atoms with van der Waals surface area (Å²) in [4.78, 5) is 34.5. The van der Waals surface area contributed by atoms with Crippen LogP contribution in [-0.2, 0) is 23.7 Å². The Kier molecular flexibility index (Phi) is 11.5. The lowest BCUT2D eigenvalue weighted by Crippen LogP contribution is -2.48. The standard InChI is InChI=1S/C27H28Cl2F6N6O2/c1-3-19(12-36-13-22-37-6-7-38-22)39-14-23(42)41(2)24(15-4-5-20(28)21(29)10-15)40-25(43)16-8-17(26(30,31)32)11-18(9-16)27(33,34)35/h4-11,19,24,36,39H,3,12-14H2,1-2H3,(H,37,38)(H,40,43). The van der Waals surface area contributed by atoms with Crippen molar-refractivity contribution in [2.45, 2.75) is 44.4 Å². The molecule has 2 unspecified atom stereocenters. The first-order valence-corrected chi connectivity index (χ1v) is 13.6. The van der Waals surface area contributed by atoms with Crippen LogP contribution in [0.5, 0.6) is 0 Å². The maximum Gasteiger partial charge on any atom is 0.416 e. The van der Waals surface area contributed by atoms with Crippen LogP contribution in [0.1, 0.15) is 52.4 Å². The third kappa shape index (κ3) is 9.58. The number of halogens is 8. The molecule has 0 fully saturated rings. The van der Waals surface area contributed by atoms with E-state index in [1.807, 2.05) is 6.92 Å². The van der Waals surface area contributed by atoms with Gasteiger partial charge in [0.05, 0.1) is 34.3 Å². The number of amides is 2. The molecular formula is C27H28Cl2F6N6O2. The molecule has 2 aromatic carbocycles. The molecule has 0 bridgehead atoms. The van der Waals surface area contributed by atoms with Crippen LogP contribution in [-0.4, -0.2) is 52.9 Å². The average molecular weight is 653 g/mol. The Bertz CT molecular complexity index is 1370. The fourth-order valence-corrected chi connectivity index (χ4v) is 4.31. The lowest BCUT2D eigenvalue weighted by molar-refractivity contribution is -0.143. The molecule has 1 heterocycles. The number of carbonyl (C=O) groups excluding carboxylic acids is 2. The highest BCUT2D eigenvalue weighted by Gasteiger charge is 2.38. The highest BCUT2D eigenvalue weighted by molar-refractivity contribution is 6.42. The SMILES string of the molecule is CCC(CNCc1ncc[nH]1)NCC(=O)N(C)C(NC(=O)c1cc(C(F)(F)F)cc(C(F)(F)F)c1)c1ccc(Cl)c(Cl)c1. The summed E-state index contributed by atoms with van der Waals surface area (Å²) in [6.07, 6.45) is -7.69. The highest BCUT2D eigenvalue weighted by atomic mass is 35.5. The van der Waals surface area contributed by atoms with Crippen molar-refractivity contribution in [3.05, 3.63) is 86.9 Å². The van der Waals surface area contributed by atoms with Crippen molar-refractivity contribution >= 4 is 35.0 Å². The van der Waals surface area contributed by atoms with Crippen LogP contribution in [0, 0.1) is 0 Å². The van der Waals surface area contributed by atoms with Crippen molar-refractivity contribution in [3.63, 3.8) is 0 Å². The summed E-state index contributed by atoms with van der Waals surface area (Å²) in [5.74, 6) is -1.09. The van der Waals surface area contributed by atoms with E-state index in [2.05, 4.69) is 25.9 Å². The second-order valence-corrected chi connectivity index (χ2v) is 10.3. The topological polar surface area (TPSA) is 102 Å². The molecule has 0 aliphatic rings. The number of hydrogen-bond donors (Lipinski definition) is 4. The average Bonchev–Trinajstić information content (AvgIpc) is 3.47. The van der Waals surface area contributed by atoms with Gasteiger partial charge in [-0.25, -0.2) is 4.98 Å². The van der Waals surface area contributed by atoms with E-state index >= 15 is 0 Å². The normalized spacial score (nSPS) is 13.4. The van der Waals surface area contributed by atoms with Gasteiger partial charge in [0.2, 0.25) is 5.91 Å². The monoisotopic (exact) mass is 652 g/mol. The minimum absolute atomic E-state index is 0.0458. The van der Waals surface area contributed by atoms with E-state index in [1.165, 1.54) is 25.2 Å². The van der Waals surface area contributed by atoms with E-state index in [-0.39, 0.29) is 34.3 Å². The largest absolute Gasteiger partial charge is 0.416 e. The number of nitrogens with zero attached hydrogens (tertiary/aromatic N) is 2. The second kappa shape index (κ2) is 14.4. The summed E-state index contributed by atoms with van der Waals surface area (Å²) in [5.41, 5.74) is -4.01. The second-order valence-electron chi connectivity index (χ2n) is 9.50. The number of rotatable bonds is 12. The van der Waals surface area contributed by atoms with Crippen molar-refractivity contribution in [1.29, 1.82) is 0 Å². The Hall–Kier alpha value is -3.33. The third-order valence-electron chi connectivity index (χ3n) is 6.43. The summed E-state index contributed by atoms with van der Waals surface area (Å²) in [6, 6.07) is 4.50. The molecule has 234 valence electrons. The van der Waals surface area contributed by atoms with E-state index in [0.29, 0.717) is 31.6 Å². The van der Waals surface area contributed by atoms with Crippen LogP contribution in [0.3, 0.4) is 0 Å². The van der Waals surface area contributed by atoms with Crippen molar-refractivity contribution < 1.29 is 35.9 Å². The van der Waals surface area contributed by atoms with Crippen LogP contribution in [0.4, 0.5) is 26.3 Å². The Labute approximate surface area is 253 Å². The van der Waals surface area contributed by atoms with Crippen molar-refractivity contribution in [1.82, 2.24) is 30.8 Å². The number of H-pyrrole nitrogens is 1. The predicted octanol–water partition coefficient (Wildman–Crippen LogP) is 5.80. The molecule has 3 rings (SSSR count). The van der Waals surface area contributed by atoms with Gasteiger partial charge < -0.3 is 25.8 Å². The zero-order chi connectivity index (χ0) is 31.9. The summed E-state index contributed by atoms with van der Waals surface area (Å²) >= 11 is 12.1. The van der Waals surface area contributed by atoms with E-state index in [9.17, 15) is 35.9 Å². The maximum absolute atomic E-state index is 13.4. The molecule has 4 N–H and O–H groups in total. The van der Waals surface area contributed by atoms with E-state index < -0.39 is 47.0 Å². The lowest BCUT2D eigenvalue weighted by Gasteiger charge is -2.30. The number of carbonyl (C=O) groups is 2. The van der Waals surface area contributed by atoms with Gasteiger partial charge in [0.15, 0.2) is 0 Å². The van der Waals surface area contributed by atoms with Crippen LogP contribution in [0.2, 0.25) is 10.0 Å². The summed E-state index contributed by atoms with van der Waals surface area (Å²) in [7, 11) is 1.32. The molecule has 0 saturated carbocycles. The van der Waals surface area contributed by atoms with Crippen molar-refractivity contribution in [2.24, 2.45) is 0 Å². The molecule has 0 spiro atoms. The molecule has 0 aliphatic carbocycles. The molecule has 2 amide bonds. The van der Waals surface area contributed by atoms with E-state index in [0.717, 1.165) is 10.7 Å². The first-order valence-electron chi connectivity index (χ1n) is 12.8. The number of hydrogen-bond acceptors (Lipinski definition) is 5. The number of aromatic nitrogens is 2. The predicted molar refractivity (Wildman–Crippen MR) is 148 cm³/mol. The van der Waals surface area contributed by atoms with Crippen LogP contribution in [0.15, 0.2) is 48.8 Å². The van der Waals surface area contributed by atoms with Gasteiger partial charge in [-0.1, -0.05) is 36.2 Å². The molecule has 2 atom stereocenters. The van der Waals surface area contributed by atoms with Crippen LogP contribution in [0.25, 0.3) is 0 Å². The van der Waals surface area contributed by atoms with Crippen molar-refractivity contribution in [3.8, 4) is 0 Å². The fraction of sp³-hybridized carbons (Fsp3) is 0.370. The van der Waals surface area contributed by atoms with E-state index in [1.54, 1.807) is 12.4 Å².